The van der Waals surface area contributed by atoms with Crippen LogP contribution in [-0.2, 0) is 10.0 Å². The monoisotopic (exact) mass is 443 g/mol. The van der Waals surface area contributed by atoms with Crippen LogP contribution >= 0.6 is 0 Å². The zero-order valence-corrected chi connectivity index (χ0v) is 17.7. The summed E-state index contributed by atoms with van der Waals surface area (Å²) in [5, 5.41) is 9.70. The third-order valence-electron chi connectivity index (χ3n) is 4.74. The molecule has 0 fully saturated rings. The van der Waals surface area contributed by atoms with Gasteiger partial charge in [0.15, 0.2) is 0 Å². The Morgan fingerprint density at radius 1 is 0.969 bits per heavy atom. The lowest BCUT2D eigenvalue weighted by molar-refractivity contribution is 0.0690. The molecule has 0 aliphatic carbocycles. The third kappa shape index (κ3) is 4.29. The van der Waals surface area contributed by atoms with Crippen LogP contribution in [0.3, 0.4) is 0 Å². The summed E-state index contributed by atoms with van der Waals surface area (Å²) in [6, 6.07) is 16.5. The summed E-state index contributed by atoms with van der Waals surface area (Å²) in [7, 11) is -3.94. The lowest BCUT2D eigenvalue weighted by Crippen LogP contribution is -2.14. The average molecular weight is 443 g/mol. The molecule has 2 aromatic carbocycles. The summed E-state index contributed by atoms with van der Waals surface area (Å²) < 4.78 is 29.0. The van der Waals surface area contributed by atoms with E-state index in [0.29, 0.717) is 22.3 Å². The molecule has 2 heterocycles. The number of carboxylic acids is 1. The van der Waals surface area contributed by atoms with Crippen molar-refractivity contribution in [2.24, 2.45) is 0 Å². The number of carbonyl (C=O) groups is 1. The van der Waals surface area contributed by atoms with Crippen LogP contribution in [0.1, 0.15) is 27.2 Å². The van der Waals surface area contributed by atoms with Gasteiger partial charge in [-0.3, -0.25) is 9.71 Å². The number of nitrogens with one attached hydrogen (secondary N) is 1. The molecule has 32 heavy (non-hydrogen) atoms. The number of aromatic carboxylic acids is 1. The van der Waals surface area contributed by atoms with Gasteiger partial charge in [0.2, 0.25) is 0 Å². The van der Waals surface area contributed by atoms with Crippen molar-refractivity contribution in [1.82, 2.24) is 9.97 Å². The normalized spacial score (nSPS) is 10.9. The Kier molecular flexibility index (Phi) is 5.58. The van der Waals surface area contributed by atoms with Crippen LogP contribution in [0.5, 0.6) is 0 Å². The number of hydrogen-bond acceptors (Lipinski definition) is 5. The third-order valence-corrected chi connectivity index (χ3v) is 6.13. The Balaban J connectivity index is 1.69. The first-order valence-corrected chi connectivity index (χ1v) is 11.0. The van der Waals surface area contributed by atoms with Crippen molar-refractivity contribution in [3.05, 3.63) is 95.4 Å². The largest absolute Gasteiger partial charge is 0.477 e. The van der Waals surface area contributed by atoms with Gasteiger partial charge >= 0.3 is 5.97 Å². The van der Waals surface area contributed by atoms with Crippen molar-refractivity contribution in [1.29, 1.82) is 0 Å². The summed E-state index contributed by atoms with van der Waals surface area (Å²) in [5.74, 6) is 4.67. The molecule has 4 rings (SSSR count). The van der Waals surface area contributed by atoms with E-state index in [1.165, 1.54) is 18.3 Å². The quantitative estimate of drug-likeness (QED) is 0.464. The first-order chi connectivity index (χ1) is 15.3. The number of para-hydroxylation sites is 2. The standard InChI is InChI=1S/C24H17N3O4S/c1-16-13-14-25-23-19(16)6-4-8-22(23)32(30,31)27-20-7-3-2-5-18(20)11-9-17-10-12-21(24(28)29)26-15-17/h2-8,10,12-15,27H,1H3,(H,28,29). The topological polar surface area (TPSA) is 109 Å². The van der Waals surface area contributed by atoms with E-state index in [-0.39, 0.29) is 10.6 Å². The first kappa shape index (κ1) is 21.0. The molecule has 0 spiro atoms. The minimum Gasteiger partial charge on any atom is -0.477 e. The summed E-state index contributed by atoms with van der Waals surface area (Å²) in [6.07, 6.45) is 2.94. The van der Waals surface area contributed by atoms with Gasteiger partial charge in [-0.1, -0.05) is 36.1 Å². The molecule has 0 aliphatic rings. The van der Waals surface area contributed by atoms with E-state index in [1.807, 2.05) is 19.1 Å². The molecule has 0 saturated heterocycles. The van der Waals surface area contributed by atoms with Gasteiger partial charge in [-0.15, -0.1) is 0 Å². The number of carboxylic acid groups (broad SMARTS) is 1. The Labute approximate surface area is 184 Å². The number of nitrogens with zero attached hydrogens (tertiary/aromatic N) is 2. The molecular formula is C24H17N3O4S. The minimum absolute atomic E-state index is 0.0786. The van der Waals surface area contributed by atoms with Crippen LogP contribution < -0.4 is 4.72 Å². The van der Waals surface area contributed by atoms with Gasteiger partial charge in [-0.25, -0.2) is 18.2 Å². The first-order valence-electron chi connectivity index (χ1n) is 9.53. The second-order valence-electron chi connectivity index (χ2n) is 6.92. The van der Waals surface area contributed by atoms with Crippen molar-refractivity contribution in [2.45, 2.75) is 11.8 Å². The molecule has 4 aromatic rings. The SMILES string of the molecule is Cc1ccnc2c(S(=O)(=O)Nc3ccccc3C#Cc3ccc(C(=O)O)nc3)cccc12. The molecule has 2 aromatic heterocycles. The number of sulfonamides is 1. The molecule has 8 heteroatoms. The molecule has 0 saturated carbocycles. The van der Waals surface area contributed by atoms with Crippen molar-refractivity contribution < 1.29 is 18.3 Å². The predicted molar refractivity (Wildman–Crippen MR) is 121 cm³/mol. The molecule has 0 atom stereocenters. The number of pyridine rings is 2. The maximum Gasteiger partial charge on any atom is 0.354 e. The van der Waals surface area contributed by atoms with Crippen molar-refractivity contribution in [2.75, 3.05) is 4.72 Å². The number of aryl methyl sites for hydroxylation is 1. The van der Waals surface area contributed by atoms with Gasteiger partial charge in [-0.05, 0) is 48.9 Å². The van der Waals surface area contributed by atoms with Crippen molar-refractivity contribution in [3.8, 4) is 11.8 Å². The van der Waals surface area contributed by atoms with Crippen molar-refractivity contribution >= 4 is 32.6 Å². The second-order valence-corrected chi connectivity index (χ2v) is 8.57. The fraction of sp³-hybridized carbons (Fsp3) is 0.0417. The smallest absolute Gasteiger partial charge is 0.354 e. The molecule has 0 aliphatic heterocycles. The molecule has 0 unspecified atom stereocenters. The van der Waals surface area contributed by atoms with E-state index < -0.39 is 16.0 Å². The highest BCUT2D eigenvalue weighted by Crippen LogP contribution is 2.26. The number of benzene rings is 2. The lowest BCUT2D eigenvalue weighted by atomic mass is 10.1. The Morgan fingerprint density at radius 2 is 1.78 bits per heavy atom. The summed E-state index contributed by atoms with van der Waals surface area (Å²) in [4.78, 5) is 19.1. The van der Waals surface area contributed by atoms with E-state index in [9.17, 15) is 13.2 Å². The average Bonchev–Trinajstić information content (AvgIpc) is 2.78. The van der Waals surface area contributed by atoms with Crippen LogP contribution in [0.25, 0.3) is 10.9 Å². The van der Waals surface area contributed by atoms with Crippen LogP contribution in [0.4, 0.5) is 5.69 Å². The van der Waals surface area contributed by atoms with Gasteiger partial charge < -0.3 is 5.11 Å². The summed E-state index contributed by atoms with van der Waals surface area (Å²) >= 11 is 0. The molecule has 7 nitrogen and oxygen atoms in total. The zero-order valence-electron chi connectivity index (χ0n) is 16.9. The highest BCUT2D eigenvalue weighted by atomic mass is 32.2. The number of hydrogen-bond donors (Lipinski definition) is 2. The number of rotatable bonds is 4. The summed E-state index contributed by atoms with van der Waals surface area (Å²) in [5.41, 5.74) is 2.53. The number of fused-ring (bicyclic) bond motifs is 1. The number of anilines is 1. The van der Waals surface area contributed by atoms with E-state index >= 15 is 0 Å². The van der Waals surface area contributed by atoms with Crippen LogP contribution in [0, 0.1) is 18.8 Å². The molecule has 2 N–H and O–H groups in total. The molecular weight excluding hydrogens is 426 g/mol. The second kappa shape index (κ2) is 8.49. The van der Waals surface area contributed by atoms with Crippen LogP contribution in [0.2, 0.25) is 0 Å². The maximum absolute atomic E-state index is 13.2. The van der Waals surface area contributed by atoms with Gasteiger partial charge in [0, 0.05) is 28.9 Å². The molecule has 158 valence electrons. The van der Waals surface area contributed by atoms with E-state index in [1.54, 1.807) is 42.6 Å². The van der Waals surface area contributed by atoms with Gasteiger partial charge in [0.1, 0.15) is 10.6 Å². The Morgan fingerprint density at radius 3 is 2.53 bits per heavy atom. The van der Waals surface area contributed by atoms with Crippen LogP contribution in [0.15, 0.2) is 78.0 Å². The highest BCUT2D eigenvalue weighted by molar-refractivity contribution is 7.93. The van der Waals surface area contributed by atoms with E-state index in [4.69, 9.17) is 5.11 Å². The Hall–Kier alpha value is -4.22. The predicted octanol–water partition coefficient (Wildman–Crippen LogP) is 3.84. The van der Waals surface area contributed by atoms with Gasteiger partial charge in [-0.2, -0.15) is 0 Å². The number of aromatic nitrogens is 2. The molecule has 0 amide bonds. The van der Waals surface area contributed by atoms with Crippen molar-refractivity contribution in [3.63, 3.8) is 0 Å². The Bertz CT molecular complexity index is 1500. The fourth-order valence-corrected chi connectivity index (χ4v) is 4.37. The lowest BCUT2D eigenvalue weighted by Gasteiger charge is -2.12. The summed E-state index contributed by atoms with van der Waals surface area (Å²) in [6.45, 7) is 1.90. The van der Waals surface area contributed by atoms with E-state index in [0.717, 1.165) is 10.9 Å². The molecule has 0 radical (unpaired) electrons. The van der Waals surface area contributed by atoms with Crippen LogP contribution in [-0.4, -0.2) is 29.5 Å². The fourth-order valence-electron chi connectivity index (χ4n) is 3.12. The zero-order chi connectivity index (χ0) is 22.7. The minimum atomic E-state index is -3.94. The molecule has 0 bridgehead atoms. The van der Waals surface area contributed by atoms with Gasteiger partial charge in [0.25, 0.3) is 10.0 Å². The van der Waals surface area contributed by atoms with Gasteiger partial charge in [0.05, 0.1) is 11.2 Å². The van der Waals surface area contributed by atoms with E-state index in [2.05, 4.69) is 26.5 Å². The highest BCUT2D eigenvalue weighted by Gasteiger charge is 2.20. The maximum atomic E-state index is 13.2.